The van der Waals surface area contributed by atoms with Gasteiger partial charge in [-0.15, -0.1) is 0 Å². The molecule has 3 N–H and O–H groups in total. The molecule has 0 amide bonds. The van der Waals surface area contributed by atoms with E-state index in [1.807, 2.05) is 36.4 Å². The van der Waals surface area contributed by atoms with Crippen molar-refractivity contribution >= 4 is 17.0 Å². The Hall–Kier alpha value is -3.61. The zero-order valence-corrected chi connectivity index (χ0v) is 13.4. The van der Waals surface area contributed by atoms with Crippen molar-refractivity contribution in [3.05, 3.63) is 65.2 Å². The van der Waals surface area contributed by atoms with Crippen molar-refractivity contribution in [3.8, 4) is 22.7 Å². The van der Waals surface area contributed by atoms with Crippen LogP contribution in [0.1, 0.15) is 0 Å². The minimum absolute atomic E-state index is 0.285. The van der Waals surface area contributed by atoms with Crippen molar-refractivity contribution in [3.63, 3.8) is 0 Å². The zero-order valence-electron chi connectivity index (χ0n) is 13.4. The molecule has 0 aliphatic heterocycles. The molecule has 0 unspecified atom stereocenters. The Labute approximate surface area is 142 Å². The highest BCUT2D eigenvalue weighted by atomic mass is 16.5. The maximum Gasteiger partial charge on any atom is 0.333 e. The lowest BCUT2D eigenvalue weighted by Gasteiger charge is -2.07. The molecule has 0 saturated carbocycles. The minimum atomic E-state index is -0.285. The Kier molecular flexibility index (Phi) is 3.46. The van der Waals surface area contributed by atoms with E-state index in [9.17, 15) is 4.79 Å². The van der Waals surface area contributed by atoms with Gasteiger partial charge in [0, 0.05) is 5.56 Å². The molecular weight excluding hydrogens is 318 g/mol. The van der Waals surface area contributed by atoms with E-state index in [4.69, 9.17) is 10.5 Å². The van der Waals surface area contributed by atoms with E-state index in [0.29, 0.717) is 28.4 Å². The van der Waals surface area contributed by atoms with Crippen molar-refractivity contribution < 1.29 is 4.74 Å². The number of anilines is 1. The van der Waals surface area contributed by atoms with Crippen LogP contribution in [-0.4, -0.2) is 26.6 Å². The first kappa shape index (κ1) is 14.9. The predicted octanol–water partition coefficient (Wildman–Crippen LogP) is 2.37. The third-order valence-electron chi connectivity index (χ3n) is 3.93. The molecule has 2 aromatic heterocycles. The molecule has 0 saturated heterocycles. The molecule has 7 heteroatoms. The van der Waals surface area contributed by atoms with Gasteiger partial charge in [0.15, 0.2) is 11.3 Å². The molecule has 7 nitrogen and oxygen atoms in total. The normalized spacial score (nSPS) is 10.9. The zero-order chi connectivity index (χ0) is 17.4. The average Bonchev–Trinajstić information content (AvgIpc) is 2.97. The van der Waals surface area contributed by atoms with E-state index >= 15 is 0 Å². The molecule has 25 heavy (non-hydrogen) atoms. The van der Waals surface area contributed by atoms with Gasteiger partial charge in [-0.05, 0) is 30.3 Å². The highest BCUT2D eigenvalue weighted by Crippen LogP contribution is 2.27. The van der Waals surface area contributed by atoms with Crippen LogP contribution in [0.3, 0.4) is 0 Å². The summed E-state index contributed by atoms with van der Waals surface area (Å²) in [5, 5.41) is 0. The molecule has 4 rings (SSSR count). The Morgan fingerprint density at radius 2 is 1.96 bits per heavy atom. The average molecular weight is 333 g/mol. The molecule has 0 radical (unpaired) electrons. The molecule has 0 bridgehead atoms. The predicted molar refractivity (Wildman–Crippen MR) is 95.9 cm³/mol. The number of nitrogens with zero attached hydrogens (tertiary/aromatic N) is 3. The van der Waals surface area contributed by atoms with E-state index in [1.54, 1.807) is 25.4 Å². The first-order valence-corrected chi connectivity index (χ1v) is 7.64. The lowest BCUT2D eigenvalue weighted by Crippen LogP contribution is -2.14. The summed E-state index contributed by atoms with van der Waals surface area (Å²) in [6.45, 7) is 0. The van der Waals surface area contributed by atoms with Gasteiger partial charge >= 0.3 is 5.69 Å². The number of ether oxygens (including phenoxy) is 1. The van der Waals surface area contributed by atoms with Crippen LogP contribution in [0.2, 0.25) is 0 Å². The smallest absolute Gasteiger partial charge is 0.333 e. The Balaban J connectivity index is 1.91. The monoisotopic (exact) mass is 333 g/mol. The number of methoxy groups -OCH3 is 1. The fourth-order valence-corrected chi connectivity index (χ4v) is 2.73. The summed E-state index contributed by atoms with van der Waals surface area (Å²) in [4.78, 5) is 24.0. The second-order valence-electron chi connectivity index (χ2n) is 5.49. The van der Waals surface area contributed by atoms with Gasteiger partial charge in [0.1, 0.15) is 5.75 Å². The quantitative estimate of drug-likeness (QED) is 0.561. The molecule has 0 spiro atoms. The van der Waals surface area contributed by atoms with Crippen LogP contribution in [0.25, 0.3) is 28.2 Å². The van der Waals surface area contributed by atoms with Crippen LogP contribution in [-0.2, 0) is 0 Å². The van der Waals surface area contributed by atoms with Crippen LogP contribution in [0.4, 0.5) is 5.69 Å². The number of nitrogens with two attached hydrogens (primary N) is 1. The van der Waals surface area contributed by atoms with Gasteiger partial charge in [-0.25, -0.2) is 19.3 Å². The summed E-state index contributed by atoms with van der Waals surface area (Å²) >= 11 is 0. The number of aromatic nitrogens is 4. The molecule has 4 aromatic rings. The number of imidazole rings is 1. The van der Waals surface area contributed by atoms with Crippen LogP contribution in [0.5, 0.6) is 5.75 Å². The highest BCUT2D eigenvalue weighted by Gasteiger charge is 2.13. The number of H-pyrrole nitrogens is 1. The molecular formula is C18H15N5O2. The first-order chi connectivity index (χ1) is 12.2. The maximum atomic E-state index is 12.3. The Bertz CT molecular complexity index is 1120. The van der Waals surface area contributed by atoms with E-state index in [-0.39, 0.29) is 5.69 Å². The van der Waals surface area contributed by atoms with Gasteiger partial charge in [0.25, 0.3) is 0 Å². The second kappa shape index (κ2) is 5.79. The van der Waals surface area contributed by atoms with E-state index in [1.165, 1.54) is 4.57 Å². The summed E-state index contributed by atoms with van der Waals surface area (Å²) in [7, 11) is 1.57. The second-order valence-corrected chi connectivity index (χ2v) is 5.49. The molecule has 0 fully saturated rings. The molecule has 2 heterocycles. The Morgan fingerprint density at radius 3 is 2.68 bits per heavy atom. The number of aromatic amines is 1. The van der Waals surface area contributed by atoms with E-state index < -0.39 is 0 Å². The lowest BCUT2D eigenvalue weighted by atomic mass is 10.1. The van der Waals surface area contributed by atoms with Crippen molar-refractivity contribution in [2.24, 2.45) is 0 Å². The third kappa shape index (κ3) is 2.51. The number of para-hydroxylation sites is 1. The van der Waals surface area contributed by atoms with Crippen molar-refractivity contribution in [2.75, 3.05) is 12.8 Å². The third-order valence-corrected chi connectivity index (χ3v) is 3.93. The standard InChI is InChI=1S/C18H15N5O2/c1-25-15-8-7-11(9-13(15)19)14-10-20-16-17(21-14)23(18(24)22-16)12-5-3-2-4-6-12/h2-10H,19H2,1H3,(H,20,22,24). The summed E-state index contributed by atoms with van der Waals surface area (Å²) in [5.41, 5.74) is 9.22. The van der Waals surface area contributed by atoms with Crippen molar-refractivity contribution in [1.29, 1.82) is 0 Å². The van der Waals surface area contributed by atoms with Crippen LogP contribution in [0, 0.1) is 0 Å². The van der Waals surface area contributed by atoms with Crippen molar-refractivity contribution in [1.82, 2.24) is 19.5 Å². The minimum Gasteiger partial charge on any atom is -0.495 e. The topological polar surface area (TPSA) is 98.8 Å². The summed E-state index contributed by atoms with van der Waals surface area (Å²) < 4.78 is 6.67. The fraction of sp³-hybridized carbons (Fsp3) is 0.0556. The van der Waals surface area contributed by atoms with Crippen LogP contribution in [0.15, 0.2) is 59.5 Å². The number of nitrogen functional groups attached to an aromatic ring is 1. The number of benzene rings is 2. The van der Waals surface area contributed by atoms with Gasteiger partial charge in [-0.1, -0.05) is 18.2 Å². The van der Waals surface area contributed by atoms with Gasteiger partial charge in [0.05, 0.1) is 30.4 Å². The van der Waals surface area contributed by atoms with Gasteiger partial charge < -0.3 is 10.5 Å². The Morgan fingerprint density at radius 1 is 1.16 bits per heavy atom. The molecule has 2 aromatic carbocycles. The molecule has 0 aliphatic rings. The summed E-state index contributed by atoms with van der Waals surface area (Å²) in [6, 6.07) is 14.7. The van der Waals surface area contributed by atoms with Crippen molar-refractivity contribution in [2.45, 2.75) is 0 Å². The van der Waals surface area contributed by atoms with E-state index in [2.05, 4.69) is 15.0 Å². The van der Waals surface area contributed by atoms with Crippen LogP contribution < -0.4 is 16.2 Å². The van der Waals surface area contributed by atoms with Crippen LogP contribution >= 0.6 is 0 Å². The fourth-order valence-electron chi connectivity index (χ4n) is 2.73. The molecule has 124 valence electrons. The summed E-state index contributed by atoms with van der Waals surface area (Å²) in [5.74, 6) is 0.598. The largest absolute Gasteiger partial charge is 0.495 e. The SMILES string of the molecule is COc1ccc(-c2cnc3[nH]c(=O)n(-c4ccccc4)c3n2)cc1N. The number of nitrogens with one attached hydrogen (secondary N) is 1. The molecule has 0 aliphatic carbocycles. The number of hydrogen-bond acceptors (Lipinski definition) is 5. The van der Waals surface area contributed by atoms with E-state index in [0.717, 1.165) is 11.3 Å². The number of fused-ring (bicyclic) bond motifs is 1. The maximum absolute atomic E-state index is 12.3. The first-order valence-electron chi connectivity index (χ1n) is 7.64. The van der Waals surface area contributed by atoms with Gasteiger partial charge in [0.2, 0.25) is 0 Å². The highest BCUT2D eigenvalue weighted by molar-refractivity contribution is 5.74. The lowest BCUT2D eigenvalue weighted by molar-refractivity contribution is 0.417. The molecule has 0 atom stereocenters. The van der Waals surface area contributed by atoms with Gasteiger partial charge in [-0.3, -0.25) is 4.98 Å². The number of rotatable bonds is 3. The number of hydrogen-bond donors (Lipinski definition) is 2. The summed E-state index contributed by atoms with van der Waals surface area (Å²) in [6.07, 6.45) is 1.61. The van der Waals surface area contributed by atoms with Gasteiger partial charge in [-0.2, -0.15) is 0 Å².